The number of carbonyl (C=O) groups is 3. The predicted molar refractivity (Wildman–Crippen MR) is 176 cm³/mol. The fourth-order valence-electron chi connectivity index (χ4n) is 5.46. The average Bonchev–Trinajstić information content (AvgIpc) is 2.96. The first-order valence-electron chi connectivity index (χ1n) is 15.7. The van der Waals surface area contributed by atoms with E-state index in [-0.39, 0.29) is 30.0 Å². The lowest BCUT2D eigenvalue weighted by molar-refractivity contribution is -0.158. The first-order chi connectivity index (χ1) is 20.4. The van der Waals surface area contributed by atoms with Gasteiger partial charge in [0, 0.05) is 6.42 Å². The van der Waals surface area contributed by atoms with Crippen LogP contribution in [-0.4, -0.2) is 30.4 Å². The van der Waals surface area contributed by atoms with E-state index in [1.54, 1.807) is 6.92 Å². The molecule has 5 heteroatoms. The maximum absolute atomic E-state index is 13.1. The average molecular weight is 589 g/mol. The molecule has 43 heavy (non-hydrogen) atoms. The SMILES string of the molecule is C/C=C/C(C)=C/C=C/C=C(C)/C=C/C=C(C)/C=C/C1=C(C)C(=O)C(OC(=O)CCC(=O)OCC2CCCCC2)CC1(C)C. The maximum Gasteiger partial charge on any atom is 0.307 e. The smallest absolute Gasteiger partial charge is 0.307 e. The summed E-state index contributed by atoms with van der Waals surface area (Å²) >= 11 is 0. The van der Waals surface area contributed by atoms with E-state index in [9.17, 15) is 14.4 Å². The Balaban J connectivity index is 1.92. The number of carbonyl (C=O) groups excluding carboxylic acids is 3. The molecule has 0 radical (unpaired) electrons. The summed E-state index contributed by atoms with van der Waals surface area (Å²) in [6.45, 7) is 14.5. The molecule has 0 aromatic rings. The quantitative estimate of drug-likeness (QED) is 0.158. The highest BCUT2D eigenvalue weighted by molar-refractivity contribution is 6.01. The molecule has 0 saturated heterocycles. The Labute approximate surface area is 259 Å². The lowest BCUT2D eigenvalue weighted by atomic mass is 9.71. The Kier molecular flexibility index (Phi) is 15.2. The molecule has 234 valence electrons. The van der Waals surface area contributed by atoms with Gasteiger partial charge in [0.25, 0.3) is 0 Å². The lowest BCUT2D eigenvalue weighted by Gasteiger charge is -2.36. The molecule has 1 atom stereocenters. The zero-order valence-corrected chi connectivity index (χ0v) is 27.4. The summed E-state index contributed by atoms with van der Waals surface area (Å²) in [6.07, 6.45) is 27.6. The van der Waals surface area contributed by atoms with Crippen LogP contribution in [0.4, 0.5) is 0 Å². The highest BCUT2D eigenvalue weighted by Crippen LogP contribution is 2.41. The van der Waals surface area contributed by atoms with E-state index in [4.69, 9.17) is 9.47 Å². The van der Waals surface area contributed by atoms with Gasteiger partial charge in [-0.05, 0) is 69.9 Å². The molecular formula is C38H52O5. The third kappa shape index (κ3) is 13.1. The Hall–Kier alpha value is -3.47. The second kappa shape index (κ2) is 18.3. The number of allylic oxidation sites excluding steroid dienone is 15. The van der Waals surface area contributed by atoms with Crippen LogP contribution in [0.2, 0.25) is 0 Å². The second-order valence-electron chi connectivity index (χ2n) is 12.5. The van der Waals surface area contributed by atoms with Gasteiger partial charge in [0.05, 0.1) is 19.4 Å². The first-order valence-corrected chi connectivity index (χ1v) is 15.7. The van der Waals surface area contributed by atoms with E-state index in [1.165, 1.54) is 24.8 Å². The van der Waals surface area contributed by atoms with Crippen LogP contribution in [-0.2, 0) is 23.9 Å². The normalized spacial score (nSPS) is 21.1. The number of hydrogen-bond acceptors (Lipinski definition) is 5. The molecule has 0 N–H and O–H groups in total. The molecule has 0 amide bonds. The summed E-state index contributed by atoms with van der Waals surface area (Å²) in [5.41, 5.74) is 4.57. The van der Waals surface area contributed by atoms with E-state index >= 15 is 0 Å². The van der Waals surface area contributed by atoms with Crippen molar-refractivity contribution in [1.29, 1.82) is 0 Å². The minimum absolute atomic E-state index is 0.0291. The molecule has 1 saturated carbocycles. The van der Waals surface area contributed by atoms with Gasteiger partial charge in [-0.15, -0.1) is 0 Å². The van der Waals surface area contributed by atoms with Gasteiger partial charge in [-0.3, -0.25) is 14.4 Å². The van der Waals surface area contributed by atoms with Crippen molar-refractivity contribution in [2.45, 2.75) is 106 Å². The van der Waals surface area contributed by atoms with Gasteiger partial charge in [0.1, 0.15) is 0 Å². The van der Waals surface area contributed by atoms with E-state index in [1.807, 2.05) is 56.4 Å². The number of Topliss-reactive ketones (excluding diaryl/α,β-unsaturated/α-hetero) is 1. The maximum atomic E-state index is 13.1. The molecule has 0 heterocycles. The van der Waals surface area contributed by atoms with Gasteiger partial charge >= 0.3 is 11.9 Å². The van der Waals surface area contributed by atoms with Crippen molar-refractivity contribution < 1.29 is 23.9 Å². The zero-order valence-electron chi connectivity index (χ0n) is 27.4. The number of esters is 2. The van der Waals surface area contributed by atoms with E-state index < -0.39 is 12.1 Å². The van der Waals surface area contributed by atoms with Crippen LogP contribution in [0.3, 0.4) is 0 Å². The predicted octanol–water partition coefficient (Wildman–Crippen LogP) is 9.20. The number of ketones is 1. The van der Waals surface area contributed by atoms with Crippen molar-refractivity contribution in [2.24, 2.45) is 11.3 Å². The topological polar surface area (TPSA) is 69.7 Å². The van der Waals surface area contributed by atoms with Crippen molar-refractivity contribution in [3.8, 4) is 0 Å². The first kappa shape index (κ1) is 35.7. The van der Waals surface area contributed by atoms with Crippen LogP contribution < -0.4 is 0 Å². The van der Waals surface area contributed by atoms with E-state index in [0.29, 0.717) is 24.5 Å². The van der Waals surface area contributed by atoms with Crippen LogP contribution in [0.15, 0.2) is 94.7 Å². The van der Waals surface area contributed by atoms with Crippen molar-refractivity contribution in [3.05, 3.63) is 94.7 Å². The molecule has 1 fully saturated rings. The van der Waals surface area contributed by atoms with Crippen molar-refractivity contribution in [1.82, 2.24) is 0 Å². The summed E-state index contributed by atoms with van der Waals surface area (Å²) in [6, 6.07) is 0. The minimum atomic E-state index is -0.844. The van der Waals surface area contributed by atoms with E-state index in [0.717, 1.165) is 29.6 Å². The van der Waals surface area contributed by atoms with Crippen LogP contribution in [0.1, 0.15) is 99.8 Å². The molecule has 2 aliphatic carbocycles. The number of rotatable bonds is 13. The summed E-state index contributed by atoms with van der Waals surface area (Å²) in [5.74, 6) is -0.676. The van der Waals surface area contributed by atoms with Gasteiger partial charge in [0.2, 0.25) is 0 Å². The van der Waals surface area contributed by atoms with Gasteiger partial charge in [0.15, 0.2) is 11.9 Å². The van der Waals surface area contributed by atoms with Crippen LogP contribution >= 0.6 is 0 Å². The highest BCUT2D eigenvalue weighted by atomic mass is 16.5. The van der Waals surface area contributed by atoms with Gasteiger partial charge < -0.3 is 9.47 Å². The Bertz CT molecular complexity index is 1220. The molecule has 1 unspecified atom stereocenters. The van der Waals surface area contributed by atoms with Crippen molar-refractivity contribution in [2.75, 3.05) is 6.61 Å². The summed E-state index contributed by atoms with van der Waals surface area (Å²) in [5, 5.41) is 0. The summed E-state index contributed by atoms with van der Waals surface area (Å²) < 4.78 is 10.9. The number of ether oxygens (including phenoxy) is 2. The van der Waals surface area contributed by atoms with Crippen molar-refractivity contribution >= 4 is 17.7 Å². The Morgan fingerprint density at radius 2 is 1.42 bits per heavy atom. The Morgan fingerprint density at radius 3 is 2.07 bits per heavy atom. The van der Waals surface area contributed by atoms with Gasteiger partial charge in [-0.1, -0.05) is 117 Å². The fraction of sp³-hybridized carbons (Fsp3) is 0.500. The largest absolute Gasteiger partial charge is 0.465 e. The van der Waals surface area contributed by atoms with Crippen molar-refractivity contribution in [3.63, 3.8) is 0 Å². The standard InChI is InChI=1S/C38H52O5/c1-8-15-28(2)16-12-13-17-29(3)18-14-19-30(4)22-23-33-31(5)37(41)34(26-38(33,6)7)43-36(40)25-24-35(39)42-27-32-20-10-9-11-21-32/h8,12-19,22-23,32,34H,9-11,20-21,24-27H2,1-7H3/b13-12+,15-8+,18-14+,23-22+,28-16+,29-17+,30-19+. The minimum Gasteiger partial charge on any atom is -0.465 e. The molecule has 0 bridgehead atoms. The van der Waals surface area contributed by atoms with Gasteiger partial charge in [-0.25, -0.2) is 0 Å². The third-order valence-electron chi connectivity index (χ3n) is 7.99. The van der Waals surface area contributed by atoms with E-state index in [2.05, 4.69) is 52.0 Å². The van der Waals surface area contributed by atoms with Crippen LogP contribution in [0.25, 0.3) is 0 Å². The third-order valence-corrected chi connectivity index (χ3v) is 7.99. The molecule has 5 nitrogen and oxygen atoms in total. The zero-order chi connectivity index (χ0) is 31.8. The molecule has 0 aliphatic heterocycles. The Morgan fingerprint density at radius 1 is 0.837 bits per heavy atom. The molecule has 0 aromatic heterocycles. The van der Waals surface area contributed by atoms with Crippen LogP contribution in [0.5, 0.6) is 0 Å². The molecule has 0 spiro atoms. The molecule has 0 aromatic carbocycles. The lowest BCUT2D eigenvalue weighted by Crippen LogP contribution is -2.39. The van der Waals surface area contributed by atoms with Crippen LogP contribution in [0, 0.1) is 11.3 Å². The highest BCUT2D eigenvalue weighted by Gasteiger charge is 2.39. The number of hydrogen-bond donors (Lipinski definition) is 0. The second-order valence-corrected chi connectivity index (χ2v) is 12.5. The molecule has 2 aliphatic rings. The molecular weight excluding hydrogens is 536 g/mol. The summed E-state index contributed by atoms with van der Waals surface area (Å²) in [7, 11) is 0. The van der Waals surface area contributed by atoms with Gasteiger partial charge in [-0.2, -0.15) is 0 Å². The monoisotopic (exact) mass is 588 g/mol. The summed E-state index contributed by atoms with van der Waals surface area (Å²) in [4.78, 5) is 37.8. The molecule has 2 rings (SSSR count). The fourth-order valence-corrected chi connectivity index (χ4v) is 5.46.